The fourth-order valence-electron chi connectivity index (χ4n) is 2.36. The van der Waals surface area contributed by atoms with Crippen LogP contribution in [0.15, 0.2) is 0 Å². The summed E-state index contributed by atoms with van der Waals surface area (Å²) < 4.78 is 0. The molecule has 0 aliphatic heterocycles. The van der Waals surface area contributed by atoms with Gasteiger partial charge in [-0.25, -0.2) is 0 Å². The average molecular weight is 181 g/mol. The Kier molecular flexibility index (Phi) is 2.31. The molecule has 2 aliphatic carbocycles. The Hall–Kier alpha value is -0.530. The zero-order chi connectivity index (χ0) is 9.31. The van der Waals surface area contributed by atoms with Gasteiger partial charge in [-0.3, -0.25) is 4.79 Å². The van der Waals surface area contributed by atoms with Crippen molar-refractivity contribution in [3.8, 4) is 0 Å². The predicted octanol–water partition coefficient (Wildman–Crippen LogP) is 2.24. The summed E-state index contributed by atoms with van der Waals surface area (Å²) in [5, 5.41) is 3.15. The lowest BCUT2D eigenvalue weighted by Gasteiger charge is -2.25. The van der Waals surface area contributed by atoms with Gasteiger partial charge in [0.1, 0.15) is 0 Å². The number of carbonyl (C=O) groups excluding carboxylic acids is 1. The summed E-state index contributed by atoms with van der Waals surface area (Å²) in [6, 6.07) is 0.525. The van der Waals surface area contributed by atoms with E-state index in [1.54, 1.807) is 0 Å². The SMILES string of the molecule is CCC1(C(=O)NC2CC2)CCCC1. The topological polar surface area (TPSA) is 29.1 Å². The van der Waals surface area contributed by atoms with Crippen LogP contribution in [0.1, 0.15) is 51.9 Å². The van der Waals surface area contributed by atoms with Crippen LogP contribution in [-0.2, 0) is 4.79 Å². The molecule has 74 valence electrons. The number of carbonyl (C=O) groups is 1. The molecule has 0 spiro atoms. The molecule has 2 heteroatoms. The van der Waals surface area contributed by atoms with Crippen molar-refractivity contribution in [2.45, 2.75) is 57.9 Å². The van der Waals surface area contributed by atoms with Crippen LogP contribution in [0.2, 0.25) is 0 Å². The molecule has 1 amide bonds. The van der Waals surface area contributed by atoms with Crippen LogP contribution in [0.25, 0.3) is 0 Å². The number of nitrogens with one attached hydrogen (secondary N) is 1. The standard InChI is InChI=1S/C11H19NO/c1-2-11(7-3-4-8-11)10(13)12-9-5-6-9/h9H,2-8H2,1H3,(H,12,13). The zero-order valence-corrected chi connectivity index (χ0v) is 8.44. The number of hydrogen-bond donors (Lipinski definition) is 1. The van der Waals surface area contributed by atoms with E-state index in [2.05, 4.69) is 12.2 Å². The highest BCUT2D eigenvalue weighted by Crippen LogP contribution is 2.41. The molecule has 13 heavy (non-hydrogen) atoms. The molecule has 2 aliphatic rings. The molecule has 0 bridgehead atoms. The van der Waals surface area contributed by atoms with Crippen LogP contribution in [-0.4, -0.2) is 11.9 Å². The summed E-state index contributed by atoms with van der Waals surface area (Å²) in [5.41, 5.74) is 0.0165. The van der Waals surface area contributed by atoms with Crippen molar-refractivity contribution in [3.05, 3.63) is 0 Å². The van der Waals surface area contributed by atoms with Crippen molar-refractivity contribution < 1.29 is 4.79 Å². The maximum atomic E-state index is 11.9. The highest BCUT2D eigenvalue weighted by Gasteiger charge is 2.41. The molecule has 0 heterocycles. The van der Waals surface area contributed by atoms with Crippen LogP contribution in [0.4, 0.5) is 0 Å². The van der Waals surface area contributed by atoms with E-state index < -0.39 is 0 Å². The highest BCUT2D eigenvalue weighted by molar-refractivity contribution is 5.83. The van der Waals surface area contributed by atoms with Crippen molar-refractivity contribution in [1.82, 2.24) is 5.32 Å². The van der Waals surface area contributed by atoms with E-state index in [4.69, 9.17) is 0 Å². The molecule has 0 saturated heterocycles. The fourth-order valence-corrected chi connectivity index (χ4v) is 2.36. The van der Waals surface area contributed by atoms with E-state index in [0.29, 0.717) is 11.9 Å². The van der Waals surface area contributed by atoms with Gasteiger partial charge in [0.2, 0.25) is 5.91 Å². The van der Waals surface area contributed by atoms with Crippen molar-refractivity contribution in [2.24, 2.45) is 5.41 Å². The molecule has 2 rings (SSSR count). The van der Waals surface area contributed by atoms with Crippen LogP contribution in [0.5, 0.6) is 0 Å². The maximum absolute atomic E-state index is 11.9. The van der Waals surface area contributed by atoms with Crippen LogP contribution >= 0.6 is 0 Å². The van der Waals surface area contributed by atoms with E-state index in [9.17, 15) is 4.79 Å². The van der Waals surface area contributed by atoms with Crippen LogP contribution in [0.3, 0.4) is 0 Å². The minimum Gasteiger partial charge on any atom is -0.353 e. The summed E-state index contributed by atoms with van der Waals surface area (Å²) in [7, 11) is 0. The minimum absolute atomic E-state index is 0.0165. The van der Waals surface area contributed by atoms with Crippen LogP contribution < -0.4 is 5.32 Å². The Bertz CT molecular complexity index is 202. The summed E-state index contributed by atoms with van der Waals surface area (Å²) >= 11 is 0. The summed E-state index contributed by atoms with van der Waals surface area (Å²) in [6.07, 6.45) is 8.13. The summed E-state index contributed by atoms with van der Waals surface area (Å²) in [5.74, 6) is 0.343. The lowest BCUT2D eigenvalue weighted by atomic mass is 9.82. The maximum Gasteiger partial charge on any atom is 0.226 e. The Morgan fingerprint density at radius 3 is 2.46 bits per heavy atom. The average Bonchev–Trinajstić information content (AvgIpc) is 2.83. The fraction of sp³-hybridized carbons (Fsp3) is 0.909. The van der Waals surface area contributed by atoms with Crippen molar-refractivity contribution in [3.63, 3.8) is 0 Å². The first-order chi connectivity index (χ1) is 6.27. The van der Waals surface area contributed by atoms with Crippen molar-refractivity contribution in [2.75, 3.05) is 0 Å². The third-order valence-corrected chi connectivity index (χ3v) is 3.63. The van der Waals surface area contributed by atoms with Crippen molar-refractivity contribution >= 4 is 5.91 Å². The lowest BCUT2D eigenvalue weighted by molar-refractivity contribution is -0.131. The molecule has 0 aromatic heterocycles. The van der Waals surface area contributed by atoms with Gasteiger partial charge in [-0.1, -0.05) is 19.8 Å². The molecule has 2 nitrogen and oxygen atoms in total. The van der Waals surface area contributed by atoms with E-state index in [1.165, 1.54) is 25.7 Å². The number of amides is 1. The quantitative estimate of drug-likeness (QED) is 0.710. The van der Waals surface area contributed by atoms with Gasteiger partial charge in [0.15, 0.2) is 0 Å². The van der Waals surface area contributed by atoms with Gasteiger partial charge >= 0.3 is 0 Å². The van der Waals surface area contributed by atoms with Gasteiger partial charge in [0.05, 0.1) is 0 Å². The Labute approximate surface area is 80.1 Å². The molecule has 0 aromatic rings. The molecule has 0 aromatic carbocycles. The number of rotatable bonds is 3. The predicted molar refractivity (Wildman–Crippen MR) is 52.4 cm³/mol. The molecule has 2 saturated carbocycles. The Balaban J connectivity index is 1.96. The third kappa shape index (κ3) is 1.72. The minimum atomic E-state index is 0.0165. The second-order valence-electron chi connectivity index (χ2n) is 4.59. The van der Waals surface area contributed by atoms with E-state index in [-0.39, 0.29) is 5.41 Å². The van der Waals surface area contributed by atoms with E-state index in [1.807, 2.05) is 0 Å². The van der Waals surface area contributed by atoms with Gasteiger partial charge in [-0.2, -0.15) is 0 Å². The van der Waals surface area contributed by atoms with Crippen molar-refractivity contribution in [1.29, 1.82) is 0 Å². The van der Waals surface area contributed by atoms with E-state index >= 15 is 0 Å². The van der Waals surface area contributed by atoms with Crippen LogP contribution in [0, 0.1) is 5.41 Å². The lowest BCUT2D eigenvalue weighted by Crippen LogP contribution is -2.39. The Morgan fingerprint density at radius 1 is 1.38 bits per heavy atom. The highest BCUT2D eigenvalue weighted by atomic mass is 16.2. The first kappa shape index (κ1) is 9.04. The Morgan fingerprint density at radius 2 is 2.00 bits per heavy atom. The second-order valence-corrected chi connectivity index (χ2v) is 4.59. The summed E-state index contributed by atoms with van der Waals surface area (Å²) in [4.78, 5) is 11.9. The number of hydrogen-bond acceptors (Lipinski definition) is 1. The largest absolute Gasteiger partial charge is 0.353 e. The molecule has 0 unspecified atom stereocenters. The molecule has 0 radical (unpaired) electrons. The van der Waals surface area contributed by atoms with Gasteiger partial charge in [0.25, 0.3) is 0 Å². The molecular weight excluding hydrogens is 162 g/mol. The normalized spacial score (nSPS) is 25.9. The summed E-state index contributed by atoms with van der Waals surface area (Å²) in [6.45, 7) is 2.15. The molecule has 2 fully saturated rings. The second kappa shape index (κ2) is 3.32. The zero-order valence-electron chi connectivity index (χ0n) is 8.44. The van der Waals surface area contributed by atoms with Gasteiger partial charge < -0.3 is 5.32 Å². The third-order valence-electron chi connectivity index (χ3n) is 3.63. The molecular formula is C11H19NO. The first-order valence-electron chi connectivity index (χ1n) is 5.58. The first-order valence-corrected chi connectivity index (χ1v) is 5.58. The van der Waals surface area contributed by atoms with Gasteiger partial charge in [-0.15, -0.1) is 0 Å². The molecule has 1 N–H and O–H groups in total. The van der Waals surface area contributed by atoms with Gasteiger partial charge in [-0.05, 0) is 32.1 Å². The molecule has 0 atom stereocenters. The monoisotopic (exact) mass is 181 g/mol. The smallest absolute Gasteiger partial charge is 0.226 e. The van der Waals surface area contributed by atoms with Gasteiger partial charge in [0, 0.05) is 11.5 Å². The van der Waals surface area contributed by atoms with E-state index in [0.717, 1.165) is 19.3 Å².